The topological polar surface area (TPSA) is 41.6 Å². The Morgan fingerprint density at radius 3 is 2.74 bits per heavy atom. The maximum absolute atomic E-state index is 13.0. The molecule has 0 aromatic heterocycles. The lowest BCUT2D eigenvalue weighted by molar-refractivity contribution is -0.146. The summed E-state index contributed by atoms with van der Waals surface area (Å²) in [6.07, 6.45) is 4.06. The third-order valence-corrected chi connectivity index (χ3v) is 4.91. The van der Waals surface area contributed by atoms with E-state index in [-0.39, 0.29) is 30.3 Å². The molecule has 3 atom stereocenters. The lowest BCUT2D eigenvalue weighted by Crippen LogP contribution is -2.50. The molecule has 2 aliphatic rings. The normalized spacial score (nSPS) is 28.0. The van der Waals surface area contributed by atoms with Gasteiger partial charge in [-0.05, 0) is 38.3 Å². The van der Waals surface area contributed by atoms with Crippen LogP contribution in [0.15, 0.2) is 30.3 Å². The van der Waals surface area contributed by atoms with E-state index in [1.54, 1.807) is 0 Å². The molecule has 3 rings (SSSR count). The van der Waals surface area contributed by atoms with Gasteiger partial charge in [-0.2, -0.15) is 0 Å². The molecule has 1 amide bonds. The maximum atomic E-state index is 13.0. The monoisotopic (exact) mass is 338 g/mol. The highest BCUT2D eigenvalue weighted by Crippen LogP contribution is 2.35. The van der Waals surface area contributed by atoms with E-state index < -0.39 is 0 Å². The average molecular weight is 339 g/mol. The number of hydrogen-bond donors (Lipinski definition) is 1. The number of ether oxygens (including phenoxy) is 1. The Balaban J connectivity index is 0.00000192. The second-order valence-electron chi connectivity index (χ2n) is 6.36. The lowest BCUT2D eigenvalue weighted by Gasteiger charge is -2.38. The molecule has 23 heavy (non-hydrogen) atoms. The Morgan fingerprint density at radius 1 is 1.22 bits per heavy atom. The first-order valence-electron chi connectivity index (χ1n) is 8.42. The zero-order valence-corrected chi connectivity index (χ0v) is 14.6. The SMILES string of the molecule is CNC1CCCN(C(=O)C2CCCOC2c2ccccc2)C1.Cl. The summed E-state index contributed by atoms with van der Waals surface area (Å²) >= 11 is 0. The van der Waals surface area contributed by atoms with Gasteiger partial charge in [0.2, 0.25) is 5.91 Å². The Labute approximate surface area is 145 Å². The third kappa shape index (κ3) is 4.25. The fourth-order valence-electron chi connectivity index (χ4n) is 3.65. The van der Waals surface area contributed by atoms with E-state index >= 15 is 0 Å². The second-order valence-corrected chi connectivity index (χ2v) is 6.36. The molecule has 1 aromatic rings. The van der Waals surface area contributed by atoms with Crippen molar-refractivity contribution in [3.8, 4) is 0 Å². The molecule has 0 spiro atoms. The molecule has 128 valence electrons. The molecule has 0 bridgehead atoms. The molecule has 0 radical (unpaired) electrons. The fraction of sp³-hybridized carbons (Fsp3) is 0.611. The summed E-state index contributed by atoms with van der Waals surface area (Å²) in [5.41, 5.74) is 1.13. The standard InChI is InChI=1S/C18H26N2O2.ClH/c1-19-15-9-5-11-20(13-15)18(21)16-10-6-12-22-17(16)14-7-3-2-4-8-14;/h2-4,7-8,15-17,19H,5-6,9-13H2,1H3;1H. The second kappa shape index (κ2) is 8.67. The van der Waals surface area contributed by atoms with E-state index in [0.29, 0.717) is 6.04 Å². The summed E-state index contributed by atoms with van der Waals surface area (Å²) in [6, 6.07) is 10.6. The first kappa shape index (κ1) is 18.2. The molecule has 2 fully saturated rings. The van der Waals surface area contributed by atoms with Crippen molar-refractivity contribution < 1.29 is 9.53 Å². The number of carbonyl (C=O) groups is 1. The molecule has 5 heteroatoms. The number of likely N-dealkylation sites (tertiary alicyclic amines) is 1. The molecule has 2 aliphatic heterocycles. The molecular weight excluding hydrogens is 312 g/mol. The summed E-state index contributed by atoms with van der Waals surface area (Å²) < 4.78 is 5.98. The summed E-state index contributed by atoms with van der Waals surface area (Å²) in [7, 11) is 1.98. The van der Waals surface area contributed by atoms with Crippen molar-refractivity contribution in [1.29, 1.82) is 0 Å². The summed E-state index contributed by atoms with van der Waals surface area (Å²) in [5.74, 6) is 0.236. The Morgan fingerprint density at radius 2 is 2.00 bits per heavy atom. The number of carbonyl (C=O) groups excluding carboxylic acids is 1. The number of likely N-dealkylation sites (N-methyl/N-ethyl adjacent to an activating group) is 1. The molecule has 2 heterocycles. The van der Waals surface area contributed by atoms with Gasteiger partial charge >= 0.3 is 0 Å². The van der Waals surface area contributed by atoms with Crippen molar-refractivity contribution in [3.63, 3.8) is 0 Å². The molecule has 0 saturated carbocycles. The number of benzene rings is 1. The summed E-state index contributed by atoms with van der Waals surface area (Å²) in [5, 5.41) is 3.31. The fourth-order valence-corrected chi connectivity index (χ4v) is 3.65. The molecule has 3 unspecified atom stereocenters. The molecule has 1 N–H and O–H groups in total. The number of piperidine rings is 1. The summed E-state index contributed by atoms with van der Waals surface area (Å²) in [4.78, 5) is 15.1. The zero-order valence-electron chi connectivity index (χ0n) is 13.7. The largest absolute Gasteiger partial charge is 0.373 e. The third-order valence-electron chi connectivity index (χ3n) is 4.91. The van der Waals surface area contributed by atoms with E-state index in [1.807, 2.05) is 30.1 Å². The quantitative estimate of drug-likeness (QED) is 0.921. The van der Waals surface area contributed by atoms with Gasteiger partial charge in [0.05, 0.1) is 12.0 Å². The van der Waals surface area contributed by atoms with Crippen LogP contribution >= 0.6 is 12.4 Å². The van der Waals surface area contributed by atoms with Crippen molar-refractivity contribution in [2.75, 3.05) is 26.7 Å². The maximum Gasteiger partial charge on any atom is 0.228 e. The molecule has 0 aliphatic carbocycles. The van der Waals surface area contributed by atoms with Gasteiger partial charge in [0.1, 0.15) is 0 Å². The van der Waals surface area contributed by atoms with Gasteiger partial charge in [0, 0.05) is 25.7 Å². The van der Waals surface area contributed by atoms with Crippen molar-refractivity contribution in [3.05, 3.63) is 35.9 Å². The van der Waals surface area contributed by atoms with Crippen molar-refractivity contribution in [2.24, 2.45) is 5.92 Å². The van der Waals surface area contributed by atoms with Crippen LogP contribution in [0, 0.1) is 5.92 Å². The van der Waals surface area contributed by atoms with Crippen LogP contribution in [0.5, 0.6) is 0 Å². The van der Waals surface area contributed by atoms with Gasteiger partial charge in [0.15, 0.2) is 0 Å². The number of nitrogens with zero attached hydrogens (tertiary/aromatic N) is 1. The van der Waals surface area contributed by atoms with Crippen LogP contribution < -0.4 is 5.32 Å². The van der Waals surface area contributed by atoms with Gasteiger partial charge in [-0.15, -0.1) is 12.4 Å². The zero-order chi connectivity index (χ0) is 15.4. The Kier molecular flexibility index (Phi) is 6.88. The van der Waals surface area contributed by atoms with Gasteiger partial charge in [0.25, 0.3) is 0 Å². The van der Waals surface area contributed by atoms with E-state index in [0.717, 1.165) is 50.9 Å². The van der Waals surface area contributed by atoms with Crippen molar-refractivity contribution in [2.45, 2.75) is 37.8 Å². The van der Waals surface area contributed by atoms with Crippen LogP contribution in [0.25, 0.3) is 0 Å². The highest BCUT2D eigenvalue weighted by Gasteiger charge is 2.36. The van der Waals surface area contributed by atoms with Gasteiger partial charge < -0.3 is 15.0 Å². The molecule has 1 aromatic carbocycles. The van der Waals surface area contributed by atoms with E-state index in [2.05, 4.69) is 17.4 Å². The number of nitrogens with one attached hydrogen (secondary N) is 1. The van der Waals surface area contributed by atoms with Crippen LogP contribution in [-0.4, -0.2) is 43.6 Å². The van der Waals surface area contributed by atoms with E-state index in [1.165, 1.54) is 0 Å². The first-order chi connectivity index (χ1) is 10.8. The van der Waals surface area contributed by atoms with Crippen LogP contribution in [-0.2, 0) is 9.53 Å². The number of amides is 1. The van der Waals surface area contributed by atoms with Crippen LogP contribution in [0.4, 0.5) is 0 Å². The first-order valence-corrected chi connectivity index (χ1v) is 8.42. The van der Waals surface area contributed by atoms with Gasteiger partial charge in [-0.1, -0.05) is 30.3 Å². The summed E-state index contributed by atoms with van der Waals surface area (Å²) in [6.45, 7) is 2.46. The molecule has 4 nitrogen and oxygen atoms in total. The van der Waals surface area contributed by atoms with E-state index in [4.69, 9.17) is 4.74 Å². The molecule has 2 saturated heterocycles. The predicted molar refractivity (Wildman–Crippen MR) is 93.8 cm³/mol. The minimum Gasteiger partial charge on any atom is -0.373 e. The number of halogens is 1. The highest BCUT2D eigenvalue weighted by atomic mass is 35.5. The minimum absolute atomic E-state index is 0. The van der Waals surface area contributed by atoms with Crippen LogP contribution in [0.3, 0.4) is 0 Å². The number of rotatable bonds is 3. The smallest absolute Gasteiger partial charge is 0.228 e. The van der Waals surface area contributed by atoms with E-state index in [9.17, 15) is 4.79 Å². The predicted octanol–water partition coefficient (Wildman–Crippen LogP) is 2.79. The van der Waals surface area contributed by atoms with Crippen molar-refractivity contribution in [1.82, 2.24) is 10.2 Å². The van der Waals surface area contributed by atoms with Gasteiger partial charge in [-0.3, -0.25) is 4.79 Å². The van der Waals surface area contributed by atoms with Crippen LogP contribution in [0.2, 0.25) is 0 Å². The van der Waals surface area contributed by atoms with Crippen LogP contribution in [0.1, 0.15) is 37.4 Å². The highest BCUT2D eigenvalue weighted by molar-refractivity contribution is 5.85. The molecular formula is C18H27ClN2O2. The van der Waals surface area contributed by atoms with Crippen molar-refractivity contribution >= 4 is 18.3 Å². The lowest BCUT2D eigenvalue weighted by atomic mass is 9.87. The van der Waals surface area contributed by atoms with Gasteiger partial charge in [-0.25, -0.2) is 0 Å². The average Bonchev–Trinajstić information content (AvgIpc) is 2.62. The number of hydrogen-bond acceptors (Lipinski definition) is 3. The Bertz CT molecular complexity index is 497. The Hall–Kier alpha value is -1.10. The minimum atomic E-state index is -0.0857.